The summed E-state index contributed by atoms with van der Waals surface area (Å²) in [4.78, 5) is 22.3. The van der Waals surface area contributed by atoms with Crippen molar-refractivity contribution in [2.24, 2.45) is 0 Å². The molecular weight excluding hydrogens is 332 g/mol. The van der Waals surface area contributed by atoms with Crippen molar-refractivity contribution in [1.82, 2.24) is 5.32 Å². The minimum Gasteiger partial charge on any atom is -0.354 e. The van der Waals surface area contributed by atoms with Crippen LogP contribution in [0.5, 0.6) is 0 Å². The highest BCUT2D eigenvalue weighted by atomic mass is 79.9. The molecule has 1 aromatic carbocycles. The highest BCUT2D eigenvalue weighted by Gasteiger charge is 2.21. The van der Waals surface area contributed by atoms with Crippen molar-refractivity contribution >= 4 is 27.5 Å². The van der Waals surface area contributed by atoms with Crippen LogP contribution >= 0.6 is 15.9 Å². The number of nitro groups is 1. The standard InChI is InChI=1S/C12H15BrN2O5/c1-7(12(19-2)20-3)14-11(16)8-4-5-9(13)10(6-8)15(17)18/h4-7,12H,1-3H3,(H,14,16). The molecule has 1 unspecified atom stereocenters. The molecule has 1 amide bonds. The molecule has 0 heterocycles. The van der Waals surface area contributed by atoms with Crippen LogP contribution in [0.15, 0.2) is 22.7 Å². The van der Waals surface area contributed by atoms with Crippen molar-refractivity contribution in [2.75, 3.05) is 14.2 Å². The average Bonchev–Trinajstić information content (AvgIpc) is 2.40. The van der Waals surface area contributed by atoms with E-state index in [2.05, 4.69) is 21.2 Å². The van der Waals surface area contributed by atoms with E-state index in [9.17, 15) is 14.9 Å². The first-order valence-electron chi connectivity index (χ1n) is 5.71. The fourth-order valence-corrected chi connectivity index (χ4v) is 2.05. The lowest BCUT2D eigenvalue weighted by Gasteiger charge is -2.22. The monoisotopic (exact) mass is 346 g/mol. The number of methoxy groups -OCH3 is 2. The molecule has 0 aliphatic carbocycles. The number of nitro benzene ring substituents is 1. The number of hydrogen-bond donors (Lipinski definition) is 1. The van der Waals surface area contributed by atoms with Crippen LogP contribution in [0.3, 0.4) is 0 Å². The van der Waals surface area contributed by atoms with Crippen LogP contribution in [0.2, 0.25) is 0 Å². The first-order valence-corrected chi connectivity index (χ1v) is 6.50. The molecule has 1 aromatic rings. The molecule has 0 aliphatic rings. The van der Waals surface area contributed by atoms with Crippen LogP contribution < -0.4 is 5.32 Å². The fourth-order valence-electron chi connectivity index (χ4n) is 1.66. The molecule has 8 heteroatoms. The average molecular weight is 347 g/mol. The van der Waals surface area contributed by atoms with Crippen LogP contribution in [0.25, 0.3) is 0 Å². The molecule has 1 rings (SSSR count). The minimum absolute atomic E-state index is 0.166. The molecular formula is C12H15BrN2O5. The van der Waals surface area contributed by atoms with E-state index in [0.29, 0.717) is 4.47 Å². The fraction of sp³-hybridized carbons (Fsp3) is 0.417. The van der Waals surface area contributed by atoms with Crippen molar-refractivity contribution in [3.05, 3.63) is 38.3 Å². The summed E-state index contributed by atoms with van der Waals surface area (Å²) in [6.45, 7) is 1.71. The second-order valence-electron chi connectivity index (χ2n) is 4.03. The third kappa shape index (κ3) is 3.99. The summed E-state index contributed by atoms with van der Waals surface area (Å²) < 4.78 is 10.4. The number of carbonyl (C=O) groups is 1. The molecule has 0 fully saturated rings. The molecule has 0 spiro atoms. The van der Waals surface area contributed by atoms with Gasteiger partial charge < -0.3 is 14.8 Å². The van der Waals surface area contributed by atoms with Crippen LogP contribution in [0, 0.1) is 10.1 Å². The number of hydrogen-bond acceptors (Lipinski definition) is 5. The molecule has 7 nitrogen and oxygen atoms in total. The summed E-state index contributed by atoms with van der Waals surface area (Å²) >= 11 is 3.06. The zero-order valence-electron chi connectivity index (χ0n) is 11.3. The Hall–Kier alpha value is -1.51. The predicted molar refractivity (Wildman–Crippen MR) is 75.5 cm³/mol. The van der Waals surface area contributed by atoms with Crippen LogP contribution in [-0.2, 0) is 9.47 Å². The smallest absolute Gasteiger partial charge is 0.284 e. The second kappa shape index (κ2) is 7.32. The van der Waals surface area contributed by atoms with E-state index in [1.807, 2.05) is 0 Å². The van der Waals surface area contributed by atoms with Crippen LogP contribution in [0.4, 0.5) is 5.69 Å². The molecule has 0 aliphatic heterocycles. The highest BCUT2D eigenvalue weighted by molar-refractivity contribution is 9.10. The molecule has 0 saturated carbocycles. The van der Waals surface area contributed by atoms with E-state index in [1.165, 1.54) is 32.4 Å². The quantitative estimate of drug-likeness (QED) is 0.483. The third-order valence-electron chi connectivity index (χ3n) is 2.64. The number of ether oxygens (including phenoxy) is 2. The van der Waals surface area contributed by atoms with Gasteiger partial charge in [-0.05, 0) is 35.0 Å². The van der Waals surface area contributed by atoms with Gasteiger partial charge in [0.25, 0.3) is 11.6 Å². The van der Waals surface area contributed by atoms with Crippen molar-refractivity contribution in [3.8, 4) is 0 Å². The Bertz CT molecular complexity index is 505. The van der Waals surface area contributed by atoms with Gasteiger partial charge in [0.1, 0.15) is 0 Å². The topological polar surface area (TPSA) is 90.7 Å². The number of nitrogens with zero attached hydrogens (tertiary/aromatic N) is 1. The number of nitrogens with one attached hydrogen (secondary N) is 1. The molecule has 0 radical (unpaired) electrons. The molecule has 1 N–H and O–H groups in total. The van der Waals surface area contributed by atoms with Crippen molar-refractivity contribution in [1.29, 1.82) is 0 Å². The molecule has 110 valence electrons. The van der Waals surface area contributed by atoms with Gasteiger partial charge in [0.15, 0.2) is 6.29 Å². The van der Waals surface area contributed by atoms with Gasteiger partial charge in [-0.2, -0.15) is 0 Å². The van der Waals surface area contributed by atoms with Crippen molar-refractivity contribution in [2.45, 2.75) is 19.3 Å². The van der Waals surface area contributed by atoms with Gasteiger partial charge in [-0.25, -0.2) is 0 Å². The lowest BCUT2D eigenvalue weighted by Crippen LogP contribution is -2.42. The van der Waals surface area contributed by atoms with Gasteiger partial charge in [0, 0.05) is 25.8 Å². The van der Waals surface area contributed by atoms with E-state index in [0.717, 1.165) is 0 Å². The highest BCUT2D eigenvalue weighted by Crippen LogP contribution is 2.25. The first kappa shape index (κ1) is 16.5. The van der Waals surface area contributed by atoms with Gasteiger partial charge >= 0.3 is 0 Å². The summed E-state index contributed by atoms with van der Waals surface area (Å²) in [7, 11) is 2.92. The Morgan fingerprint density at radius 3 is 2.50 bits per heavy atom. The maximum Gasteiger partial charge on any atom is 0.284 e. The molecule has 0 aromatic heterocycles. The Labute approximate surface area is 124 Å². The summed E-state index contributed by atoms with van der Waals surface area (Å²) in [5, 5.41) is 13.5. The maximum atomic E-state index is 12.0. The van der Waals surface area contributed by atoms with Crippen LogP contribution in [0.1, 0.15) is 17.3 Å². The SMILES string of the molecule is COC(OC)C(C)NC(=O)c1ccc(Br)c([N+](=O)[O-])c1. The Morgan fingerprint density at radius 2 is 2.00 bits per heavy atom. The summed E-state index contributed by atoms with van der Waals surface area (Å²) in [5.41, 5.74) is 0.0260. The molecule has 0 saturated heterocycles. The third-order valence-corrected chi connectivity index (χ3v) is 3.31. The van der Waals surface area contributed by atoms with E-state index in [-0.39, 0.29) is 11.3 Å². The van der Waals surface area contributed by atoms with Crippen molar-refractivity contribution in [3.63, 3.8) is 0 Å². The van der Waals surface area contributed by atoms with E-state index < -0.39 is 23.2 Å². The lowest BCUT2D eigenvalue weighted by atomic mass is 10.1. The Morgan fingerprint density at radius 1 is 1.40 bits per heavy atom. The maximum absolute atomic E-state index is 12.0. The predicted octanol–water partition coefficient (Wildman–Crippen LogP) is 2.09. The number of rotatable bonds is 6. The number of halogens is 1. The van der Waals surface area contributed by atoms with Gasteiger partial charge in [-0.15, -0.1) is 0 Å². The van der Waals surface area contributed by atoms with E-state index in [1.54, 1.807) is 6.92 Å². The van der Waals surface area contributed by atoms with Gasteiger partial charge in [-0.1, -0.05) is 0 Å². The van der Waals surface area contributed by atoms with Gasteiger partial charge in [0.2, 0.25) is 0 Å². The number of benzene rings is 1. The summed E-state index contributed by atoms with van der Waals surface area (Å²) in [5.74, 6) is -0.438. The summed E-state index contributed by atoms with van der Waals surface area (Å²) in [6, 6.07) is 3.76. The zero-order chi connectivity index (χ0) is 15.3. The zero-order valence-corrected chi connectivity index (χ0v) is 12.8. The van der Waals surface area contributed by atoms with Crippen LogP contribution in [-0.4, -0.2) is 37.4 Å². The van der Waals surface area contributed by atoms with E-state index >= 15 is 0 Å². The van der Waals surface area contributed by atoms with Gasteiger partial charge in [-0.3, -0.25) is 14.9 Å². The first-order chi connectivity index (χ1) is 9.40. The number of carbonyl (C=O) groups excluding carboxylic acids is 1. The second-order valence-corrected chi connectivity index (χ2v) is 4.88. The normalized spacial score (nSPS) is 12.2. The Kier molecular flexibility index (Phi) is 6.05. The van der Waals surface area contributed by atoms with Gasteiger partial charge in [0.05, 0.1) is 15.4 Å². The molecule has 20 heavy (non-hydrogen) atoms. The molecule has 0 bridgehead atoms. The molecule has 1 atom stereocenters. The Balaban J connectivity index is 2.88. The van der Waals surface area contributed by atoms with E-state index in [4.69, 9.17) is 9.47 Å². The number of amides is 1. The lowest BCUT2D eigenvalue weighted by molar-refractivity contribution is -0.385. The summed E-state index contributed by atoms with van der Waals surface area (Å²) in [6.07, 6.45) is -0.593. The largest absolute Gasteiger partial charge is 0.354 e. The van der Waals surface area contributed by atoms with Crippen molar-refractivity contribution < 1.29 is 19.2 Å². The minimum atomic E-state index is -0.593.